The number of nitrogens with zero attached hydrogens (tertiary/aromatic N) is 3. The van der Waals surface area contributed by atoms with Crippen LogP contribution in [0.1, 0.15) is 52.8 Å². The number of nitrogens with one attached hydrogen (secondary N) is 2. The molecule has 0 spiro atoms. The lowest BCUT2D eigenvalue weighted by molar-refractivity contribution is 0.0945. The number of aryl methyl sites for hydroxylation is 2. The molecule has 6 heteroatoms. The molecule has 2 N–H and O–H groups in total. The van der Waals surface area contributed by atoms with E-state index in [4.69, 9.17) is 0 Å². The minimum Gasteiger partial charge on any atom is -0.345 e. The Bertz CT molecular complexity index is 970. The van der Waals surface area contributed by atoms with Gasteiger partial charge >= 0.3 is 0 Å². The van der Waals surface area contributed by atoms with Crippen LogP contribution in [-0.4, -0.2) is 20.9 Å². The molecule has 0 saturated heterocycles. The molecule has 0 aliphatic carbocycles. The van der Waals surface area contributed by atoms with Crippen LogP contribution in [-0.2, 0) is 6.54 Å². The summed E-state index contributed by atoms with van der Waals surface area (Å²) in [6.45, 7) is 8.54. The molecule has 3 rings (SSSR count). The van der Waals surface area contributed by atoms with Crippen LogP contribution in [0.25, 0.3) is 0 Å². The Balaban J connectivity index is 1.81. The maximum Gasteiger partial charge on any atom is 0.270 e. The van der Waals surface area contributed by atoms with Gasteiger partial charge in [-0.05, 0) is 49.1 Å². The minimum absolute atomic E-state index is 0.256. The molecule has 1 aromatic carbocycles. The highest BCUT2D eigenvalue weighted by atomic mass is 16.1. The Labute approximate surface area is 165 Å². The molecule has 0 unspecified atom stereocenters. The summed E-state index contributed by atoms with van der Waals surface area (Å²) < 4.78 is 0. The van der Waals surface area contributed by atoms with Crippen LogP contribution in [0.3, 0.4) is 0 Å². The van der Waals surface area contributed by atoms with Gasteiger partial charge in [-0.15, -0.1) is 0 Å². The standard InChI is InChI=1S/C22H25N5O/c1-14(2)18-10-7-8-15(3)20(18)27-22-25-16(4)12-19(26-22)21(28)24-13-17-9-5-6-11-23-17/h5-12,14H,13H2,1-4H3,(H,24,28)(H,25,26,27). The molecule has 0 radical (unpaired) electrons. The number of hydrogen-bond donors (Lipinski definition) is 2. The SMILES string of the molecule is Cc1cc(C(=O)NCc2ccccn2)nc(Nc2c(C)cccc2C(C)C)n1. The fraction of sp³-hybridized carbons (Fsp3) is 0.273. The van der Waals surface area contributed by atoms with E-state index in [1.54, 1.807) is 12.3 Å². The smallest absolute Gasteiger partial charge is 0.270 e. The second-order valence-corrected chi connectivity index (χ2v) is 7.04. The van der Waals surface area contributed by atoms with Gasteiger partial charge in [-0.25, -0.2) is 9.97 Å². The highest BCUT2D eigenvalue weighted by molar-refractivity contribution is 5.92. The molecule has 28 heavy (non-hydrogen) atoms. The van der Waals surface area contributed by atoms with Crippen molar-refractivity contribution in [1.82, 2.24) is 20.3 Å². The summed E-state index contributed by atoms with van der Waals surface area (Å²) in [4.78, 5) is 25.7. The van der Waals surface area contributed by atoms with Crippen LogP contribution < -0.4 is 10.6 Å². The predicted octanol–water partition coefficient (Wildman–Crippen LogP) is 4.29. The zero-order valence-corrected chi connectivity index (χ0v) is 16.7. The topological polar surface area (TPSA) is 79.8 Å². The molecule has 1 amide bonds. The first-order chi connectivity index (χ1) is 13.4. The maximum absolute atomic E-state index is 12.6. The third kappa shape index (κ3) is 4.71. The summed E-state index contributed by atoms with van der Waals surface area (Å²) in [6, 6.07) is 13.5. The average molecular weight is 375 g/mol. The van der Waals surface area contributed by atoms with E-state index in [0.29, 0.717) is 24.1 Å². The number of para-hydroxylation sites is 1. The molecule has 144 valence electrons. The summed E-state index contributed by atoms with van der Waals surface area (Å²) in [5.41, 5.74) is 5.12. The fourth-order valence-corrected chi connectivity index (χ4v) is 2.96. The van der Waals surface area contributed by atoms with Crippen molar-refractivity contribution in [1.29, 1.82) is 0 Å². The highest BCUT2D eigenvalue weighted by Crippen LogP contribution is 2.29. The second-order valence-electron chi connectivity index (χ2n) is 7.04. The number of hydrogen-bond acceptors (Lipinski definition) is 5. The van der Waals surface area contributed by atoms with Crippen molar-refractivity contribution < 1.29 is 4.79 Å². The van der Waals surface area contributed by atoms with Crippen molar-refractivity contribution in [3.63, 3.8) is 0 Å². The van der Waals surface area contributed by atoms with Crippen molar-refractivity contribution in [2.24, 2.45) is 0 Å². The molecular formula is C22H25N5O. The first-order valence-electron chi connectivity index (χ1n) is 9.34. The van der Waals surface area contributed by atoms with Gasteiger partial charge in [-0.2, -0.15) is 0 Å². The van der Waals surface area contributed by atoms with Gasteiger partial charge in [0.05, 0.1) is 12.2 Å². The Kier molecular flexibility index (Phi) is 5.99. The highest BCUT2D eigenvalue weighted by Gasteiger charge is 2.14. The van der Waals surface area contributed by atoms with E-state index < -0.39 is 0 Å². The lowest BCUT2D eigenvalue weighted by Crippen LogP contribution is -2.25. The van der Waals surface area contributed by atoms with Gasteiger partial charge in [0, 0.05) is 17.6 Å². The lowest BCUT2D eigenvalue weighted by Gasteiger charge is -2.17. The summed E-state index contributed by atoms with van der Waals surface area (Å²) in [7, 11) is 0. The van der Waals surface area contributed by atoms with E-state index in [1.807, 2.05) is 44.2 Å². The van der Waals surface area contributed by atoms with Gasteiger partial charge in [0.2, 0.25) is 5.95 Å². The zero-order chi connectivity index (χ0) is 20.1. The lowest BCUT2D eigenvalue weighted by atomic mass is 9.98. The van der Waals surface area contributed by atoms with Gasteiger partial charge in [0.25, 0.3) is 5.91 Å². The van der Waals surface area contributed by atoms with E-state index in [0.717, 1.165) is 22.6 Å². The molecule has 0 saturated carbocycles. The Hall–Kier alpha value is -3.28. The summed E-state index contributed by atoms with van der Waals surface area (Å²) in [5.74, 6) is 0.514. The number of pyridine rings is 1. The Morgan fingerprint density at radius 3 is 2.61 bits per heavy atom. The van der Waals surface area contributed by atoms with Crippen molar-refractivity contribution in [2.45, 2.75) is 40.2 Å². The van der Waals surface area contributed by atoms with Crippen LogP contribution in [0.5, 0.6) is 0 Å². The van der Waals surface area contributed by atoms with E-state index in [9.17, 15) is 4.79 Å². The monoisotopic (exact) mass is 375 g/mol. The average Bonchev–Trinajstić information content (AvgIpc) is 2.68. The van der Waals surface area contributed by atoms with Crippen molar-refractivity contribution in [2.75, 3.05) is 5.32 Å². The molecule has 3 aromatic rings. The number of carbonyl (C=O) groups excluding carboxylic acids is 1. The third-order valence-corrected chi connectivity index (χ3v) is 4.41. The first-order valence-corrected chi connectivity index (χ1v) is 9.34. The van der Waals surface area contributed by atoms with Crippen LogP contribution in [0, 0.1) is 13.8 Å². The van der Waals surface area contributed by atoms with Gasteiger partial charge in [0.1, 0.15) is 5.69 Å². The Morgan fingerprint density at radius 1 is 1.07 bits per heavy atom. The van der Waals surface area contributed by atoms with Gasteiger partial charge < -0.3 is 10.6 Å². The molecule has 6 nitrogen and oxygen atoms in total. The van der Waals surface area contributed by atoms with Crippen LogP contribution in [0.4, 0.5) is 11.6 Å². The first kappa shape index (κ1) is 19.5. The number of anilines is 2. The Morgan fingerprint density at radius 2 is 1.89 bits per heavy atom. The molecule has 0 aliphatic heterocycles. The number of aromatic nitrogens is 3. The quantitative estimate of drug-likeness (QED) is 0.672. The zero-order valence-electron chi connectivity index (χ0n) is 16.7. The fourth-order valence-electron chi connectivity index (χ4n) is 2.96. The summed E-state index contributed by atoms with van der Waals surface area (Å²) in [6.07, 6.45) is 1.70. The molecule has 0 bridgehead atoms. The van der Waals surface area contributed by atoms with E-state index in [-0.39, 0.29) is 5.91 Å². The third-order valence-electron chi connectivity index (χ3n) is 4.41. The molecular weight excluding hydrogens is 350 g/mol. The summed E-state index contributed by atoms with van der Waals surface area (Å²) in [5, 5.41) is 6.17. The maximum atomic E-state index is 12.6. The molecule has 0 aliphatic rings. The van der Waals surface area contributed by atoms with Crippen molar-refractivity contribution in [3.05, 3.63) is 76.9 Å². The second kappa shape index (κ2) is 8.61. The van der Waals surface area contributed by atoms with Crippen LogP contribution >= 0.6 is 0 Å². The number of benzene rings is 1. The van der Waals surface area contributed by atoms with Gasteiger partial charge in [-0.1, -0.05) is 38.1 Å². The van der Waals surface area contributed by atoms with Crippen LogP contribution in [0.15, 0.2) is 48.7 Å². The molecule has 2 aromatic heterocycles. The molecule has 0 fully saturated rings. The van der Waals surface area contributed by atoms with Crippen molar-refractivity contribution in [3.8, 4) is 0 Å². The minimum atomic E-state index is -0.256. The van der Waals surface area contributed by atoms with Gasteiger partial charge in [-0.3, -0.25) is 9.78 Å². The molecule has 0 atom stereocenters. The van der Waals surface area contributed by atoms with Crippen molar-refractivity contribution >= 4 is 17.5 Å². The number of amides is 1. The van der Waals surface area contributed by atoms with E-state index in [2.05, 4.69) is 45.5 Å². The largest absolute Gasteiger partial charge is 0.345 e. The van der Waals surface area contributed by atoms with Crippen LogP contribution in [0.2, 0.25) is 0 Å². The number of carbonyl (C=O) groups is 1. The summed E-state index contributed by atoms with van der Waals surface area (Å²) >= 11 is 0. The number of rotatable bonds is 6. The molecule has 2 heterocycles. The van der Waals surface area contributed by atoms with E-state index in [1.165, 1.54) is 5.56 Å². The normalized spacial score (nSPS) is 10.8. The van der Waals surface area contributed by atoms with Gasteiger partial charge in [0.15, 0.2) is 0 Å². The van der Waals surface area contributed by atoms with E-state index >= 15 is 0 Å². The predicted molar refractivity (Wildman–Crippen MR) is 111 cm³/mol.